The van der Waals surface area contributed by atoms with Crippen molar-refractivity contribution in [1.29, 1.82) is 0 Å². The largest absolute Gasteiger partial charge is 0.497 e. The van der Waals surface area contributed by atoms with Gasteiger partial charge < -0.3 is 15.2 Å². The van der Waals surface area contributed by atoms with Gasteiger partial charge in [-0.2, -0.15) is 11.8 Å². The van der Waals surface area contributed by atoms with Gasteiger partial charge in [-0.25, -0.2) is 4.79 Å². The Hall–Kier alpha value is -1.69. The highest BCUT2D eigenvalue weighted by molar-refractivity contribution is 7.99. The highest BCUT2D eigenvalue weighted by Gasteiger charge is 2.43. The van der Waals surface area contributed by atoms with Crippen LogP contribution >= 0.6 is 11.8 Å². The van der Waals surface area contributed by atoms with Gasteiger partial charge in [-0.3, -0.25) is 4.79 Å². The molecule has 0 aliphatic carbocycles. The molecule has 1 saturated heterocycles. The van der Waals surface area contributed by atoms with E-state index in [9.17, 15) is 14.7 Å². The lowest BCUT2D eigenvalue weighted by Gasteiger charge is -2.25. The summed E-state index contributed by atoms with van der Waals surface area (Å²) in [6.07, 6.45) is 0.752. The Bertz CT molecular complexity index is 538. The van der Waals surface area contributed by atoms with Gasteiger partial charge in [0, 0.05) is 12.2 Å². The van der Waals surface area contributed by atoms with E-state index in [0.717, 1.165) is 17.1 Å². The maximum atomic E-state index is 12.2. The van der Waals surface area contributed by atoms with Gasteiger partial charge in [0.25, 0.3) is 0 Å². The van der Waals surface area contributed by atoms with Crippen LogP contribution in [0.1, 0.15) is 31.2 Å². The van der Waals surface area contributed by atoms with E-state index in [4.69, 9.17) is 4.74 Å². The first-order chi connectivity index (χ1) is 10.5. The van der Waals surface area contributed by atoms with Crippen LogP contribution in [-0.4, -0.2) is 41.1 Å². The number of ether oxygens (including phenoxy) is 1. The monoisotopic (exact) mass is 323 g/mol. The van der Waals surface area contributed by atoms with Crippen LogP contribution in [0.15, 0.2) is 24.3 Å². The Kier molecular flexibility index (Phi) is 5.34. The molecule has 0 saturated carbocycles. The number of hydrogen-bond acceptors (Lipinski definition) is 4. The molecule has 0 bridgehead atoms. The molecular formula is C16H21NO4S. The molecule has 1 aromatic carbocycles. The third-order valence-electron chi connectivity index (χ3n) is 3.99. The van der Waals surface area contributed by atoms with Crippen LogP contribution in [0.2, 0.25) is 0 Å². The van der Waals surface area contributed by atoms with Crippen molar-refractivity contribution in [3.63, 3.8) is 0 Å². The van der Waals surface area contributed by atoms with Crippen molar-refractivity contribution < 1.29 is 19.4 Å². The Labute approximate surface area is 134 Å². The molecule has 2 atom stereocenters. The predicted octanol–water partition coefficient (Wildman–Crippen LogP) is 2.27. The molecule has 0 radical (unpaired) electrons. The first kappa shape index (κ1) is 16.7. The number of aliphatic carboxylic acids is 1. The van der Waals surface area contributed by atoms with Crippen LogP contribution < -0.4 is 10.1 Å². The van der Waals surface area contributed by atoms with Gasteiger partial charge >= 0.3 is 5.97 Å². The van der Waals surface area contributed by atoms with E-state index in [1.165, 1.54) is 0 Å². The topological polar surface area (TPSA) is 75.6 Å². The molecule has 1 aromatic rings. The van der Waals surface area contributed by atoms with Gasteiger partial charge in [-0.15, -0.1) is 0 Å². The summed E-state index contributed by atoms with van der Waals surface area (Å²) in [7, 11) is 1.61. The minimum Gasteiger partial charge on any atom is -0.497 e. The van der Waals surface area contributed by atoms with Crippen molar-refractivity contribution >= 4 is 23.6 Å². The van der Waals surface area contributed by atoms with E-state index in [0.29, 0.717) is 12.2 Å². The molecule has 1 aliphatic heterocycles. The minimum absolute atomic E-state index is 0.0193. The van der Waals surface area contributed by atoms with E-state index < -0.39 is 11.5 Å². The molecule has 1 fully saturated rings. The molecule has 1 aliphatic rings. The number of carbonyl (C=O) groups is 2. The number of rotatable bonds is 6. The highest BCUT2D eigenvalue weighted by Crippen LogP contribution is 2.29. The number of carboxylic acids is 1. The third kappa shape index (κ3) is 3.74. The number of amides is 1. The summed E-state index contributed by atoms with van der Waals surface area (Å²) in [4.78, 5) is 23.7. The Morgan fingerprint density at radius 2 is 2.09 bits per heavy atom. The second-order valence-electron chi connectivity index (χ2n) is 5.62. The van der Waals surface area contributed by atoms with Crippen molar-refractivity contribution in [3.05, 3.63) is 29.8 Å². The zero-order valence-electron chi connectivity index (χ0n) is 12.8. The summed E-state index contributed by atoms with van der Waals surface area (Å²) in [5.41, 5.74) is -0.0670. The molecule has 120 valence electrons. The van der Waals surface area contributed by atoms with E-state index >= 15 is 0 Å². The van der Waals surface area contributed by atoms with Gasteiger partial charge in [0.2, 0.25) is 5.91 Å². The summed E-state index contributed by atoms with van der Waals surface area (Å²) in [5, 5.41) is 12.1. The lowest BCUT2D eigenvalue weighted by atomic mass is 9.95. The average Bonchev–Trinajstić information content (AvgIpc) is 2.97. The third-order valence-corrected chi connectivity index (χ3v) is 5.18. The molecular weight excluding hydrogens is 302 g/mol. The zero-order chi connectivity index (χ0) is 16.2. The number of hydrogen-bond donors (Lipinski definition) is 2. The lowest BCUT2D eigenvalue weighted by Crippen LogP contribution is -2.54. The quantitative estimate of drug-likeness (QED) is 0.840. The molecule has 2 rings (SSSR count). The Morgan fingerprint density at radius 3 is 2.59 bits per heavy atom. The molecule has 6 heteroatoms. The number of carbonyl (C=O) groups excluding carboxylic acids is 1. The molecule has 1 heterocycles. The minimum atomic E-state index is -1.10. The molecule has 22 heavy (non-hydrogen) atoms. The normalized spacial score (nSPS) is 22.1. The molecule has 2 unspecified atom stereocenters. The summed E-state index contributed by atoms with van der Waals surface area (Å²) in [6, 6.07) is 7.57. The van der Waals surface area contributed by atoms with Gasteiger partial charge in [0.05, 0.1) is 7.11 Å². The fourth-order valence-electron chi connectivity index (χ4n) is 2.53. The molecule has 1 amide bonds. The van der Waals surface area contributed by atoms with E-state index in [-0.39, 0.29) is 18.2 Å². The van der Waals surface area contributed by atoms with Crippen molar-refractivity contribution in [2.75, 3.05) is 18.6 Å². The van der Waals surface area contributed by atoms with Crippen LogP contribution in [0.4, 0.5) is 0 Å². The highest BCUT2D eigenvalue weighted by atomic mass is 32.2. The fourth-order valence-corrected chi connectivity index (χ4v) is 3.86. The fraction of sp³-hybridized carbons (Fsp3) is 0.500. The first-order valence-electron chi connectivity index (χ1n) is 7.23. The number of carboxylic acid groups (broad SMARTS) is 1. The van der Waals surface area contributed by atoms with E-state index in [2.05, 4.69) is 5.32 Å². The van der Waals surface area contributed by atoms with Crippen molar-refractivity contribution in [2.45, 2.75) is 31.2 Å². The second-order valence-corrected chi connectivity index (χ2v) is 6.72. The van der Waals surface area contributed by atoms with Gasteiger partial charge in [-0.05, 0) is 35.8 Å². The van der Waals surface area contributed by atoms with Crippen molar-refractivity contribution in [1.82, 2.24) is 5.32 Å². The summed E-state index contributed by atoms with van der Waals surface area (Å²) in [6.45, 7) is 1.96. The second kappa shape index (κ2) is 7.05. The summed E-state index contributed by atoms with van der Waals surface area (Å²) < 4.78 is 5.11. The number of thioether (sulfide) groups is 1. The maximum absolute atomic E-state index is 12.2. The summed E-state index contributed by atoms with van der Waals surface area (Å²) >= 11 is 1.56. The summed E-state index contributed by atoms with van der Waals surface area (Å²) in [5.74, 6) is 0.834. The van der Waals surface area contributed by atoms with Crippen molar-refractivity contribution in [2.24, 2.45) is 0 Å². The van der Waals surface area contributed by atoms with Crippen LogP contribution in [-0.2, 0) is 9.59 Å². The molecule has 5 nitrogen and oxygen atoms in total. The number of nitrogens with one attached hydrogen (secondary N) is 1. The maximum Gasteiger partial charge on any atom is 0.330 e. The van der Waals surface area contributed by atoms with E-state index in [1.54, 1.807) is 18.9 Å². The molecule has 0 spiro atoms. The lowest BCUT2D eigenvalue weighted by molar-refractivity contribution is -0.146. The van der Waals surface area contributed by atoms with Crippen LogP contribution in [0, 0.1) is 0 Å². The molecule has 0 aromatic heterocycles. The van der Waals surface area contributed by atoms with Crippen LogP contribution in [0.5, 0.6) is 5.75 Å². The average molecular weight is 323 g/mol. The number of methoxy groups -OCH3 is 1. The van der Waals surface area contributed by atoms with Gasteiger partial charge in [0.1, 0.15) is 11.3 Å². The number of benzene rings is 1. The zero-order valence-corrected chi connectivity index (χ0v) is 13.6. The predicted molar refractivity (Wildman–Crippen MR) is 86.5 cm³/mol. The van der Waals surface area contributed by atoms with Gasteiger partial charge in [0.15, 0.2) is 0 Å². The smallest absolute Gasteiger partial charge is 0.330 e. The van der Waals surface area contributed by atoms with Crippen molar-refractivity contribution in [3.8, 4) is 5.75 Å². The Morgan fingerprint density at radius 1 is 1.41 bits per heavy atom. The Balaban J connectivity index is 1.97. The SMILES string of the molecule is COc1ccc(C(C)CC(=O)NC2(C(=O)O)CCSC2)cc1. The first-order valence-corrected chi connectivity index (χ1v) is 8.38. The standard InChI is InChI=1S/C16H21NO4S/c1-11(12-3-5-13(21-2)6-4-12)9-14(18)17-16(15(19)20)7-8-22-10-16/h3-6,11H,7-10H2,1-2H3,(H,17,18)(H,19,20). The van der Waals surface area contributed by atoms with Gasteiger partial charge in [-0.1, -0.05) is 19.1 Å². The van der Waals surface area contributed by atoms with Crippen LogP contribution in [0.25, 0.3) is 0 Å². The molecule has 2 N–H and O–H groups in total. The van der Waals surface area contributed by atoms with Crippen LogP contribution in [0.3, 0.4) is 0 Å². The van der Waals surface area contributed by atoms with E-state index in [1.807, 2.05) is 31.2 Å².